The van der Waals surface area contributed by atoms with Crippen molar-refractivity contribution in [3.8, 4) is 0 Å². The molecule has 0 spiro atoms. The lowest BCUT2D eigenvalue weighted by atomic mass is 10.2. The number of halogens is 3. The smallest absolute Gasteiger partial charge is 0.262 e. The van der Waals surface area contributed by atoms with Crippen molar-refractivity contribution >= 4 is 15.7 Å². The first-order valence-electron chi connectivity index (χ1n) is 5.80. The van der Waals surface area contributed by atoms with Crippen LogP contribution < -0.4 is 10.5 Å². The summed E-state index contributed by atoms with van der Waals surface area (Å²) in [6, 6.07) is 6.24. The van der Waals surface area contributed by atoms with Crippen LogP contribution in [-0.4, -0.2) is 8.42 Å². The standard InChI is InChI=1S/C13H11F3N2O2S/c14-9-5-11(15)13(12(16)6-9)18-21(19,20)10-3-1-8(7-17)2-4-10/h1-6,18H,7,17H2. The fraction of sp³-hybridized carbons (Fsp3) is 0.0769. The van der Waals surface area contributed by atoms with Crippen molar-refractivity contribution in [2.24, 2.45) is 5.73 Å². The monoisotopic (exact) mass is 316 g/mol. The molecule has 4 nitrogen and oxygen atoms in total. The Balaban J connectivity index is 2.37. The van der Waals surface area contributed by atoms with E-state index in [0.29, 0.717) is 17.7 Å². The van der Waals surface area contributed by atoms with E-state index < -0.39 is 33.2 Å². The first-order chi connectivity index (χ1) is 9.83. The van der Waals surface area contributed by atoms with Crippen LogP contribution in [0.2, 0.25) is 0 Å². The van der Waals surface area contributed by atoms with Gasteiger partial charge in [-0.25, -0.2) is 21.6 Å². The van der Waals surface area contributed by atoms with Gasteiger partial charge < -0.3 is 5.73 Å². The average Bonchev–Trinajstić information content (AvgIpc) is 2.43. The van der Waals surface area contributed by atoms with Crippen molar-refractivity contribution in [2.75, 3.05) is 4.72 Å². The number of nitrogens with two attached hydrogens (primary N) is 1. The Morgan fingerprint density at radius 2 is 1.52 bits per heavy atom. The van der Waals surface area contributed by atoms with Crippen LogP contribution in [0, 0.1) is 17.5 Å². The van der Waals surface area contributed by atoms with Gasteiger partial charge in [0.15, 0.2) is 11.6 Å². The summed E-state index contributed by atoms with van der Waals surface area (Å²) in [5, 5.41) is 0. The molecule has 2 aromatic carbocycles. The normalized spacial score (nSPS) is 11.4. The van der Waals surface area contributed by atoms with Gasteiger partial charge in [0.1, 0.15) is 11.5 Å². The summed E-state index contributed by atoms with van der Waals surface area (Å²) in [7, 11) is -4.19. The molecule has 0 amide bonds. The summed E-state index contributed by atoms with van der Waals surface area (Å²) < 4.78 is 65.5. The van der Waals surface area contributed by atoms with Crippen molar-refractivity contribution < 1.29 is 21.6 Å². The van der Waals surface area contributed by atoms with Crippen molar-refractivity contribution in [1.82, 2.24) is 0 Å². The molecule has 0 aliphatic rings. The van der Waals surface area contributed by atoms with Gasteiger partial charge in [0.2, 0.25) is 0 Å². The first-order valence-corrected chi connectivity index (χ1v) is 7.28. The van der Waals surface area contributed by atoms with Gasteiger partial charge in [0.25, 0.3) is 10.0 Å². The first kappa shape index (κ1) is 15.3. The maximum atomic E-state index is 13.5. The van der Waals surface area contributed by atoms with E-state index in [1.54, 1.807) is 4.72 Å². The quantitative estimate of drug-likeness (QED) is 0.909. The highest BCUT2D eigenvalue weighted by Gasteiger charge is 2.20. The van der Waals surface area contributed by atoms with Crippen LogP contribution >= 0.6 is 0 Å². The molecule has 21 heavy (non-hydrogen) atoms. The number of hydrogen-bond acceptors (Lipinski definition) is 3. The zero-order chi connectivity index (χ0) is 15.6. The highest BCUT2D eigenvalue weighted by Crippen LogP contribution is 2.23. The van der Waals surface area contributed by atoms with Crippen LogP contribution in [0.5, 0.6) is 0 Å². The van der Waals surface area contributed by atoms with E-state index in [4.69, 9.17) is 5.73 Å². The second-order valence-corrected chi connectivity index (χ2v) is 5.88. The summed E-state index contributed by atoms with van der Waals surface area (Å²) in [4.78, 5) is -0.192. The summed E-state index contributed by atoms with van der Waals surface area (Å²) in [5.41, 5.74) is 5.16. The summed E-state index contributed by atoms with van der Waals surface area (Å²) in [6.07, 6.45) is 0. The Labute approximate surface area is 119 Å². The minimum Gasteiger partial charge on any atom is -0.326 e. The summed E-state index contributed by atoms with van der Waals surface area (Å²) >= 11 is 0. The third kappa shape index (κ3) is 3.34. The molecule has 0 aromatic heterocycles. The Bertz CT molecular complexity index is 738. The minimum absolute atomic E-state index is 0.192. The van der Waals surface area contributed by atoms with Crippen LogP contribution in [0.4, 0.5) is 18.9 Å². The zero-order valence-electron chi connectivity index (χ0n) is 10.6. The van der Waals surface area contributed by atoms with Gasteiger partial charge in [-0.05, 0) is 17.7 Å². The molecule has 0 aliphatic heterocycles. The van der Waals surface area contributed by atoms with Gasteiger partial charge in [-0.3, -0.25) is 4.72 Å². The second-order valence-electron chi connectivity index (χ2n) is 4.20. The molecular weight excluding hydrogens is 305 g/mol. The van der Waals surface area contributed by atoms with Gasteiger partial charge in [-0.15, -0.1) is 0 Å². The fourth-order valence-electron chi connectivity index (χ4n) is 1.64. The lowest BCUT2D eigenvalue weighted by molar-refractivity contribution is 0.547. The molecule has 0 heterocycles. The summed E-state index contributed by atoms with van der Waals surface area (Å²) in [6.45, 7) is 0.231. The molecular formula is C13H11F3N2O2S. The topological polar surface area (TPSA) is 72.2 Å². The second kappa shape index (κ2) is 5.74. The van der Waals surface area contributed by atoms with E-state index in [9.17, 15) is 21.6 Å². The molecule has 0 radical (unpaired) electrons. The molecule has 0 bridgehead atoms. The molecule has 0 aliphatic carbocycles. The summed E-state index contributed by atoms with van der Waals surface area (Å²) in [5.74, 6) is -3.82. The molecule has 3 N–H and O–H groups in total. The number of nitrogens with one attached hydrogen (secondary N) is 1. The number of anilines is 1. The maximum Gasteiger partial charge on any atom is 0.262 e. The van der Waals surface area contributed by atoms with Crippen LogP contribution in [0.15, 0.2) is 41.3 Å². The van der Waals surface area contributed by atoms with Crippen molar-refractivity contribution in [3.05, 3.63) is 59.4 Å². The Morgan fingerprint density at radius 1 is 1.00 bits per heavy atom. The van der Waals surface area contributed by atoms with Crippen LogP contribution in [0.1, 0.15) is 5.56 Å². The number of benzene rings is 2. The fourth-order valence-corrected chi connectivity index (χ4v) is 2.71. The Kier molecular flexibility index (Phi) is 4.19. The molecule has 8 heteroatoms. The number of sulfonamides is 1. The Hall–Kier alpha value is -2.06. The van der Waals surface area contributed by atoms with Gasteiger partial charge in [0.05, 0.1) is 4.90 Å². The van der Waals surface area contributed by atoms with Crippen LogP contribution in [0.25, 0.3) is 0 Å². The SMILES string of the molecule is NCc1ccc(S(=O)(=O)Nc2c(F)cc(F)cc2F)cc1. The third-order valence-corrected chi connectivity index (χ3v) is 4.08. The largest absolute Gasteiger partial charge is 0.326 e. The van der Waals surface area contributed by atoms with E-state index in [2.05, 4.69) is 0 Å². The van der Waals surface area contributed by atoms with Crippen molar-refractivity contribution in [3.63, 3.8) is 0 Å². The van der Waals surface area contributed by atoms with E-state index in [-0.39, 0.29) is 11.4 Å². The average molecular weight is 316 g/mol. The lowest BCUT2D eigenvalue weighted by Gasteiger charge is -2.10. The molecule has 0 saturated heterocycles. The third-order valence-electron chi connectivity index (χ3n) is 2.71. The predicted octanol–water partition coefficient (Wildman–Crippen LogP) is 2.36. The molecule has 0 saturated carbocycles. The molecule has 0 atom stereocenters. The van der Waals surface area contributed by atoms with Crippen molar-refractivity contribution in [2.45, 2.75) is 11.4 Å². The van der Waals surface area contributed by atoms with Gasteiger partial charge in [-0.2, -0.15) is 0 Å². The van der Waals surface area contributed by atoms with Crippen LogP contribution in [0.3, 0.4) is 0 Å². The van der Waals surface area contributed by atoms with Gasteiger partial charge in [0, 0.05) is 18.7 Å². The zero-order valence-corrected chi connectivity index (χ0v) is 11.4. The molecule has 0 fully saturated rings. The predicted molar refractivity (Wildman–Crippen MR) is 71.5 cm³/mol. The van der Waals surface area contributed by atoms with E-state index >= 15 is 0 Å². The van der Waals surface area contributed by atoms with Crippen LogP contribution in [-0.2, 0) is 16.6 Å². The molecule has 2 aromatic rings. The Morgan fingerprint density at radius 3 is 2.00 bits per heavy atom. The maximum absolute atomic E-state index is 13.5. The highest BCUT2D eigenvalue weighted by molar-refractivity contribution is 7.92. The van der Waals surface area contributed by atoms with E-state index in [1.807, 2.05) is 0 Å². The number of rotatable bonds is 4. The minimum atomic E-state index is -4.19. The van der Waals surface area contributed by atoms with E-state index in [1.165, 1.54) is 24.3 Å². The number of hydrogen-bond donors (Lipinski definition) is 2. The van der Waals surface area contributed by atoms with Crippen molar-refractivity contribution in [1.29, 1.82) is 0 Å². The highest BCUT2D eigenvalue weighted by atomic mass is 32.2. The lowest BCUT2D eigenvalue weighted by Crippen LogP contribution is -2.15. The van der Waals surface area contributed by atoms with E-state index in [0.717, 1.165) is 0 Å². The van der Waals surface area contributed by atoms with Gasteiger partial charge >= 0.3 is 0 Å². The molecule has 0 unspecified atom stereocenters. The molecule has 112 valence electrons. The molecule has 2 rings (SSSR count). The van der Waals surface area contributed by atoms with Gasteiger partial charge in [-0.1, -0.05) is 12.1 Å².